The number of hydrogen-bond donors (Lipinski definition) is 2. The number of hydrogen-bond acceptors (Lipinski definition) is 3. The second kappa shape index (κ2) is 8.54. The van der Waals surface area contributed by atoms with Crippen LogP contribution in [-0.2, 0) is 4.79 Å². The summed E-state index contributed by atoms with van der Waals surface area (Å²) >= 11 is 12.1. The number of fused-ring (bicyclic) bond motifs is 1. The van der Waals surface area contributed by atoms with Gasteiger partial charge in [-0.05, 0) is 41.8 Å². The first-order valence-corrected chi connectivity index (χ1v) is 10.5. The molecule has 0 aliphatic carbocycles. The smallest absolute Gasteiger partial charge is 0.254 e. The number of carbonyl (C=O) groups is 2. The van der Waals surface area contributed by atoms with Crippen molar-refractivity contribution in [3.8, 4) is 0 Å². The summed E-state index contributed by atoms with van der Waals surface area (Å²) in [5.41, 5.74) is 7.17. The minimum Gasteiger partial charge on any atom is -0.396 e. The summed E-state index contributed by atoms with van der Waals surface area (Å²) < 4.78 is 0. The van der Waals surface area contributed by atoms with Crippen molar-refractivity contribution in [1.29, 1.82) is 0 Å². The minimum atomic E-state index is -0.312. The van der Waals surface area contributed by atoms with Gasteiger partial charge in [0.1, 0.15) is 0 Å². The molecule has 3 N–H and O–H groups in total. The molecule has 5 nitrogen and oxygen atoms in total. The van der Waals surface area contributed by atoms with Crippen molar-refractivity contribution in [3.05, 3.63) is 70.2 Å². The predicted octanol–water partition coefficient (Wildman–Crippen LogP) is 5.22. The Hall–Kier alpha value is -2.76. The SMILES string of the molecule is Nc1c(Cl)cc(NC(=O)C2CCCN(C(=O)c3cccc4ccccc34)C2)cc1Cl. The molecule has 0 bridgehead atoms. The van der Waals surface area contributed by atoms with Crippen LogP contribution in [0.4, 0.5) is 11.4 Å². The Kier molecular flexibility index (Phi) is 5.84. The van der Waals surface area contributed by atoms with Gasteiger partial charge < -0.3 is 16.0 Å². The summed E-state index contributed by atoms with van der Waals surface area (Å²) in [5.74, 6) is -0.530. The lowest BCUT2D eigenvalue weighted by atomic mass is 9.95. The van der Waals surface area contributed by atoms with Gasteiger partial charge in [-0.1, -0.05) is 59.6 Å². The van der Waals surface area contributed by atoms with Crippen molar-refractivity contribution >= 4 is 57.2 Å². The second-order valence-electron chi connectivity index (χ2n) is 7.46. The van der Waals surface area contributed by atoms with Crippen LogP contribution in [0.3, 0.4) is 0 Å². The lowest BCUT2D eigenvalue weighted by Gasteiger charge is -2.32. The second-order valence-corrected chi connectivity index (χ2v) is 8.27. The van der Waals surface area contributed by atoms with Crippen molar-refractivity contribution in [2.75, 3.05) is 24.1 Å². The fraction of sp³-hybridized carbons (Fsp3) is 0.217. The lowest BCUT2D eigenvalue weighted by Crippen LogP contribution is -2.43. The van der Waals surface area contributed by atoms with Crippen LogP contribution in [0, 0.1) is 5.92 Å². The fourth-order valence-electron chi connectivity index (χ4n) is 3.86. The van der Waals surface area contributed by atoms with Gasteiger partial charge in [0.25, 0.3) is 5.91 Å². The van der Waals surface area contributed by atoms with Crippen molar-refractivity contribution in [2.45, 2.75) is 12.8 Å². The average Bonchev–Trinajstić information content (AvgIpc) is 2.76. The Balaban J connectivity index is 1.50. The number of nitrogens with two attached hydrogens (primary N) is 1. The van der Waals surface area contributed by atoms with Crippen molar-refractivity contribution < 1.29 is 9.59 Å². The number of nitrogen functional groups attached to an aromatic ring is 1. The topological polar surface area (TPSA) is 75.4 Å². The standard InChI is InChI=1S/C23H21Cl2N3O2/c24-19-11-16(12-20(25)21(19)26)27-22(29)15-7-4-10-28(13-15)23(30)18-9-3-6-14-5-1-2-8-17(14)18/h1-3,5-6,8-9,11-12,15H,4,7,10,13,26H2,(H,27,29). The van der Waals surface area contributed by atoms with Gasteiger partial charge in [0.2, 0.25) is 5.91 Å². The van der Waals surface area contributed by atoms with Crippen LogP contribution in [0.15, 0.2) is 54.6 Å². The van der Waals surface area contributed by atoms with Gasteiger partial charge >= 0.3 is 0 Å². The largest absolute Gasteiger partial charge is 0.396 e. The van der Waals surface area contributed by atoms with Gasteiger partial charge in [-0.25, -0.2) is 0 Å². The molecule has 3 aromatic carbocycles. The van der Waals surface area contributed by atoms with Gasteiger partial charge in [-0.3, -0.25) is 9.59 Å². The van der Waals surface area contributed by atoms with Crippen molar-refractivity contribution in [1.82, 2.24) is 4.90 Å². The zero-order chi connectivity index (χ0) is 21.3. The van der Waals surface area contributed by atoms with E-state index in [1.54, 1.807) is 17.0 Å². The van der Waals surface area contributed by atoms with E-state index in [9.17, 15) is 9.59 Å². The van der Waals surface area contributed by atoms with E-state index >= 15 is 0 Å². The monoisotopic (exact) mass is 441 g/mol. The highest BCUT2D eigenvalue weighted by Crippen LogP contribution is 2.32. The summed E-state index contributed by atoms with van der Waals surface area (Å²) in [6.45, 7) is 0.996. The number of likely N-dealkylation sites (tertiary alicyclic amines) is 1. The highest BCUT2D eigenvalue weighted by molar-refractivity contribution is 6.39. The zero-order valence-electron chi connectivity index (χ0n) is 16.2. The van der Waals surface area contributed by atoms with E-state index in [2.05, 4.69) is 5.32 Å². The van der Waals surface area contributed by atoms with Gasteiger partial charge in [-0.2, -0.15) is 0 Å². The zero-order valence-corrected chi connectivity index (χ0v) is 17.7. The Bertz CT molecular complexity index is 1100. The highest BCUT2D eigenvalue weighted by Gasteiger charge is 2.29. The number of benzene rings is 3. The molecule has 0 radical (unpaired) electrons. The third-order valence-electron chi connectivity index (χ3n) is 5.45. The van der Waals surface area contributed by atoms with E-state index in [4.69, 9.17) is 28.9 Å². The number of piperidine rings is 1. The van der Waals surface area contributed by atoms with E-state index in [0.717, 1.165) is 17.2 Å². The highest BCUT2D eigenvalue weighted by atomic mass is 35.5. The summed E-state index contributed by atoms with van der Waals surface area (Å²) in [4.78, 5) is 27.8. The first-order valence-electron chi connectivity index (χ1n) is 9.76. The van der Waals surface area contributed by atoms with Gasteiger partial charge in [0, 0.05) is 24.3 Å². The summed E-state index contributed by atoms with van der Waals surface area (Å²) in [7, 11) is 0. The average molecular weight is 442 g/mol. The van der Waals surface area contributed by atoms with Gasteiger partial charge in [0.15, 0.2) is 0 Å². The quantitative estimate of drug-likeness (QED) is 0.546. The maximum Gasteiger partial charge on any atom is 0.254 e. The molecule has 2 amide bonds. The number of halogens is 2. The molecule has 1 aliphatic rings. The van der Waals surface area contributed by atoms with Crippen LogP contribution >= 0.6 is 23.2 Å². The number of nitrogens with zero attached hydrogens (tertiary/aromatic N) is 1. The van der Waals surface area contributed by atoms with Crippen LogP contribution in [0.25, 0.3) is 10.8 Å². The first kappa shape index (κ1) is 20.5. The van der Waals surface area contributed by atoms with Crippen LogP contribution in [0.5, 0.6) is 0 Å². The van der Waals surface area contributed by atoms with Crippen LogP contribution < -0.4 is 11.1 Å². The van der Waals surface area contributed by atoms with Crippen LogP contribution in [-0.4, -0.2) is 29.8 Å². The first-order chi connectivity index (χ1) is 14.4. The molecule has 0 aromatic heterocycles. The lowest BCUT2D eigenvalue weighted by molar-refractivity contribution is -0.121. The van der Waals surface area contributed by atoms with Gasteiger partial charge in [-0.15, -0.1) is 0 Å². The minimum absolute atomic E-state index is 0.0529. The number of nitrogens with one attached hydrogen (secondary N) is 1. The van der Waals surface area contributed by atoms with E-state index in [-0.39, 0.29) is 33.5 Å². The molecule has 4 rings (SSSR count). The normalized spacial score (nSPS) is 16.5. The molecule has 3 aromatic rings. The van der Waals surface area contributed by atoms with Gasteiger partial charge in [0.05, 0.1) is 21.7 Å². The molecule has 0 saturated carbocycles. The summed E-state index contributed by atoms with van der Waals surface area (Å²) in [6.07, 6.45) is 1.47. The molecule has 7 heteroatoms. The molecular weight excluding hydrogens is 421 g/mol. The third kappa shape index (κ3) is 4.09. The molecule has 1 saturated heterocycles. The third-order valence-corrected chi connectivity index (χ3v) is 6.07. The Labute approximate surface area is 184 Å². The number of anilines is 2. The Morgan fingerprint density at radius 2 is 1.73 bits per heavy atom. The maximum atomic E-state index is 13.2. The molecule has 30 heavy (non-hydrogen) atoms. The Morgan fingerprint density at radius 3 is 2.50 bits per heavy atom. The molecule has 1 aliphatic heterocycles. The molecule has 1 unspecified atom stereocenters. The molecule has 1 heterocycles. The molecule has 154 valence electrons. The fourth-order valence-corrected chi connectivity index (χ4v) is 4.35. The van der Waals surface area contributed by atoms with Crippen molar-refractivity contribution in [2.24, 2.45) is 5.92 Å². The van der Waals surface area contributed by atoms with Crippen LogP contribution in [0.2, 0.25) is 10.0 Å². The molecule has 0 spiro atoms. The molecule has 1 atom stereocenters. The predicted molar refractivity (Wildman–Crippen MR) is 122 cm³/mol. The van der Waals surface area contributed by atoms with E-state index < -0.39 is 0 Å². The maximum absolute atomic E-state index is 13.2. The van der Waals surface area contributed by atoms with E-state index in [1.165, 1.54) is 0 Å². The van der Waals surface area contributed by atoms with Crippen LogP contribution in [0.1, 0.15) is 23.2 Å². The Morgan fingerprint density at radius 1 is 1.03 bits per heavy atom. The number of rotatable bonds is 3. The van der Waals surface area contributed by atoms with Crippen molar-refractivity contribution in [3.63, 3.8) is 0 Å². The number of amides is 2. The molecular formula is C23H21Cl2N3O2. The number of carbonyl (C=O) groups excluding carboxylic acids is 2. The summed E-state index contributed by atoms with van der Waals surface area (Å²) in [6, 6.07) is 16.7. The summed E-state index contributed by atoms with van der Waals surface area (Å²) in [5, 5.41) is 5.36. The van der Waals surface area contributed by atoms with E-state index in [1.807, 2.05) is 42.5 Å². The van der Waals surface area contributed by atoms with E-state index in [0.29, 0.717) is 30.8 Å². The molecule has 1 fully saturated rings.